The summed E-state index contributed by atoms with van der Waals surface area (Å²) >= 11 is 0. The van der Waals surface area contributed by atoms with E-state index in [0.29, 0.717) is 31.6 Å². The number of rotatable bonds is 5. The SMILES string of the molecule is CN(C)CC1CN(C(=O)Cc2ccc(F)cc2)CCC1(O)c1cccc(O)c1. The molecule has 3 rings (SSSR count). The van der Waals surface area contributed by atoms with Crippen LogP contribution in [-0.4, -0.2) is 59.6 Å². The monoisotopic (exact) mass is 386 g/mol. The van der Waals surface area contributed by atoms with Crippen molar-refractivity contribution in [2.45, 2.75) is 18.4 Å². The minimum atomic E-state index is -1.12. The molecule has 150 valence electrons. The molecule has 6 heteroatoms. The maximum Gasteiger partial charge on any atom is 0.227 e. The Hall–Kier alpha value is -2.44. The first-order valence-electron chi connectivity index (χ1n) is 9.47. The zero-order valence-corrected chi connectivity index (χ0v) is 16.3. The second-order valence-corrected chi connectivity index (χ2v) is 7.83. The number of hydrogen-bond acceptors (Lipinski definition) is 4. The highest BCUT2D eigenvalue weighted by Crippen LogP contribution is 2.39. The van der Waals surface area contributed by atoms with Gasteiger partial charge in [0.2, 0.25) is 5.91 Å². The Labute approximate surface area is 165 Å². The Bertz CT molecular complexity index is 825. The average Bonchev–Trinajstić information content (AvgIpc) is 2.65. The normalized spacial score (nSPS) is 22.5. The first kappa shape index (κ1) is 20.3. The van der Waals surface area contributed by atoms with Crippen LogP contribution in [0.1, 0.15) is 17.5 Å². The van der Waals surface area contributed by atoms with Gasteiger partial charge in [-0.05, 0) is 55.9 Å². The van der Waals surface area contributed by atoms with Crippen molar-refractivity contribution in [3.63, 3.8) is 0 Å². The van der Waals surface area contributed by atoms with Crippen molar-refractivity contribution in [2.75, 3.05) is 33.7 Å². The van der Waals surface area contributed by atoms with Crippen molar-refractivity contribution in [1.29, 1.82) is 0 Å². The number of phenolic OH excluding ortho intramolecular Hbond substituents is 1. The molecule has 0 saturated carbocycles. The zero-order valence-electron chi connectivity index (χ0n) is 16.3. The van der Waals surface area contributed by atoms with Crippen LogP contribution in [0.4, 0.5) is 4.39 Å². The number of likely N-dealkylation sites (tertiary alicyclic amines) is 1. The Balaban J connectivity index is 1.78. The van der Waals surface area contributed by atoms with E-state index in [1.54, 1.807) is 35.2 Å². The van der Waals surface area contributed by atoms with Gasteiger partial charge in [0, 0.05) is 25.6 Å². The number of halogens is 1. The molecule has 1 heterocycles. The van der Waals surface area contributed by atoms with E-state index in [9.17, 15) is 19.4 Å². The number of piperidine rings is 1. The molecule has 2 aromatic carbocycles. The number of amides is 1. The fourth-order valence-electron chi connectivity index (χ4n) is 3.94. The zero-order chi connectivity index (χ0) is 20.3. The Kier molecular flexibility index (Phi) is 6.01. The Morgan fingerprint density at radius 3 is 2.61 bits per heavy atom. The third-order valence-electron chi connectivity index (χ3n) is 5.43. The van der Waals surface area contributed by atoms with Crippen LogP contribution in [0.2, 0.25) is 0 Å². The molecule has 1 fully saturated rings. The van der Waals surface area contributed by atoms with Gasteiger partial charge in [0.1, 0.15) is 11.6 Å². The second kappa shape index (κ2) is 8.29. The number of carbonyl (C=O) groups is 1. The molecule has 0 aliphatic carbocycles. The molecule has 0 spiro atoms. The lowest BCUT2D eigenvalue weighted by atomic mass is 9.75. The van der Waals surface area contributed by atoms with Gasteiger partial charge in [0.05, 0.1) is 12.0 Å². The predicted octanol–water partition coefficient (Wildman–Crippen LogP) is 2.37. The van der Waals surface area contributed by atoms with E-state index in [4.69, 9.17) is 0 Å². The molecule has 2 N–H and O–H groups in total. The van der Waals surface area contributed by atoms with Crippen LogP contribution >= 0.6 is 0 Å². The van der Waals surface area contributed by atoms with Crippen LogP contribution in [0, 0.1) is 11.7 Å². The number of phenols is 1. The summed E-state index contributed by atoms with van der Waals surface area (Å²) in [6.07, 6.45) is 0.601. The molecular formula is C22H27FN2O3. The Morgan fingerprint density at radius 2 is 1.96 bits per heavy atom. The molecule has 28 heavy (non-hydrogen) atoms. The van der Waals surface area contributed by atoms with E-state index < -0.39 is 5.60 Å². The number of nitrogens with zero attached hydrogens (tertiary/aromatic N) is 2. The van der Waals surface area contributed by atoms with Crippen LogP contribution in [0.3, 0.4) is 0 Å². The molecule has 2 unspecified atom stereocenters. The van der Waals surface area contributed by atoms with Gasteiger partial charge in [-0.3, -0.25) is 4.79 Å². The average molecular weight is 386 g/mol. The molecule has 0 radical (unpaired) electrons. The highest BCUT2D eigenvalue weighted by atomic mass is 19.1. The van der Waals surface area contributed by atoms with E-state index in [1.165, 1.54) is 12.1 Å². The third kappa shape index (κ3) is 4.51. The van der Waals surface area contributed by atoms with Gasteiger partial charge in [-0.2, -0.15) is 0 Å². The lowest BCUT2D eigenvalue weighted by Crippen LogP contribution is -2.54. The largest absolute Gasteiger partial charge is 0.508 e. The first-order chi connectivity index (χ1) is 13.3. The van der Waals surface area contributed by atoms with E-state index in [0.717, 1.165) is 5.56 Å². The number of aliphatic hydroxyl groups is 1. The lowest BCUT2D eigenvalue weighted by Gasteiger charge is -2.46. The molecule has 0 aromatic heterocycles. The molecule has 2 atom stereocenters. The molecule has 1 amide bonds. The molecule has 1 saturated heterocycles. The van der Waals surface area contributed by atoms with Gasteiger partial charge in [-0.1, -0.05) is 24.3 Å². The van der Waals surface area contributed by atoms with Crippen LogP contribution < -0.4 is 0 Å². The third-order valence-corrected chi connectivity index (χ3v) is 5.43. The lowest BCUT2D eigenvalue weighted by molar-refractivity contribution is -0.141. The highest BCUT2D eigenvalue weighted by molar-refractivity contribution is 5.79. The fraction of sp³-hybridized carbons (Fsp3) is 0.409. The van der Waals surface area contributed by atoms with E-state index in [2.05, 4.69) is 0 Å². The number of aromatic hydroxyl groups is 1. The van der Waals surface area contributed by atoms with E-state index in [1.807, 2.05) is 25.1 Å². The summed E-state index contributed by atoms with van der Waals surface area (Å²) < 4.78 is 13.1. The Morgan fingerprint density at radius 1 is 1.25 bits per heavy atom. The molecule has 1 aliphatic heterocycles. The summed E-state index contributed by atoms with van der Waals surface area (Å²) in [6, 6.07) is 12.7. The van der Waals surface area contributed by atoms with E-state index >= 15 is 0 Å². The van der Waals surface area contributed by atoms with Gasteiger partial charge in [0.25, 0.3) is 0 Å². The fourth-order valence-corrected chi connectivity index (χ4v) is 3.94. The van der Waals surface area contributed by atoms with Gasteiger partial charge in [-0.25, -0.2) is 4.39 Å². The second-order valence-electron chi connectivity index (χ2n) is 7.83. The van der Waals surface area contributed by atoms with Crippen molar-refractivity contribution in [2.24, 2.45) is 5.92 Å². The van der Waals surface area contributed by atoms with Gasteiger partial charge in [0.15, 0.2) is 0 Å². The van der Waals surface area contributed by atoms with Crippen molar-refractivity contribution in [3.05, 3.63) is 65.5 Å². The summed E-state index contributed by atoms with van der Waals surface area (Å²) in [5, 5.41) is 21.3. The molecule has 0 bridgehead atoms. The maximum absolute atomic E-state index is 13.1. The summed E-state index contributed by atoms with van der Waals surface area (Å²) in [5.74, 6) is -0.440. The highest BCUT2D eigenvalue weighted by Gasteiger charge is 2.44. The summed E-state index contributed by atoms with van der Waals surface area (Å²) in [5.41, 5.74) is 0.324. The molecule has 1 aliphatic rings. The summed E-state index contributed by atoms with van der Waals surface area (Å²) in [6.45, 7) is 1.45. The minimum Gasteiger partial charge on any atom is -0.508 e. The minimum absolute atomic E-state index is 0.0340. The van der Waals surface area contributed by atoms with Gasteiger partial charge < -0.3 is 20.0 Å². The maximum atomic E-state index is 13.1. The van der Waals surface area contributed by atoms with Crippen LogP contribution in [0.25, 0.3) is 0 Å². The van der Waals surface area contributed by atoms with E-state index in [-0.39, 0.29) is 29.8 Å². The van der Waals surface area contributed by atoms with Gasteiger partial charge >= 0.3 is 0 Å². The number of carbonyl (C=O) groups excluding carboxylic acids is 1. The van der Waals surface area contributed by atoms with Crippen molar-refractivity contribution in [3.8, 4) is 5.75 Å². The number of hydrogen-bond donors (Lipinski definition) is 2. The van der Waals surface area contributed by atoms with Crippen LogP contribution in [-0.2, 0) is 16.8 Å². The molecule has 2 aromatic rings. The van der Waals surface area contributed by atoms with Crippen molar-refractivity contribution < 1.29 is 19.4 Å². The quantitative estimate of drug-likeness (QED) is 0.828. The number of benzene rings is 2. The van der Waals surface area contributed by atoms with Crippen LogP contribution in [0.15, 0.2) is 48.5 Å². The smallest absolute Gasteiger partial charge is 0.227 e. The summed E-state index contributed by atoms with van der Waals surface area (Å²) in [7, 11) is 3.87. The predicted molar refractivity (Wildman–Crippen MR) is 105 cm³/mol. The van der Waals surface area contributed by atoms with Crippen molar-refractivity contribution >= 4 is 5.91 Å². The van der Waals surface area contributed by atoms with Gasteiger partial charge in [-0.15, -0.1) is 0 Å². The summed E-state index contributed by atoms with van der Waals surface area (Å²) in [4.78, 5) is 16.5. The molecule has 5 nitrogen and oxygen atoms in total. The van der Waals surface area contributed by atoms with Crippen molar-refractivity contribution in [1.82, 2.24) is 9.80 Å². The molecular weight excluding hydrogens is 359 g/mol. The standard InChI is InChI=1S/C22H27FN2O3/c1-24(2)14-18-15-25(21(27)12-16-6-8-19(23)9-7-16)11-10-22(18,28)17-4-3-5-20(26)13-17/h3-9,13,18,26,28H,10-12,14-15H2,1-2H3. The van der Waals surface area contributed by atoms with Crippen LogP contribution in [0.5, 0.6) is 5.75 Å². The topological polar surface area (TPSA) is 64.0 Å². The first-order valence-corrected chi connectivity index (χ1v) is 9.47.